The van der Waals surface area contributed by atoms with Gasteiger partial charge in [0.1, 0.15) is 0 Å². The lowest BCUT2D eigenvalue weighted by Crippen LogP contribution is -2.29. The van der Waals surface area contributed by atoms with Gasteiger partial charge >= 0.3 is 0 Å². The first-order chi connectivity index (χ1) is 6.09. The highest BCUT2D eigenvalue weighted by atomic mass is 28.3. The summed E-state index contributed by atoms with van der Waals surface area (Å²) in [6.07, 6.45) is 2.71. The van der Waals surface area contributed by atoms with Crippen LogP contribution in [0.3, 0.4) is 0 Å². The molecule has 0 fully saturated rings. The van der Waals surface area contributed by atoms with Crippen LogP contribution < -0.4 is 0 Å². The number of benzene rings is 1. The Balaban J connectivity index is 2.39. The van der Waals surface area contributed by atoms with Gasteiger partial charge in [-0.3, -0.25) is 0 Å². The Hall–Kier alpha value is -0.563. The average Bonchev–Trinajstić information content (AvgIpc) is 2.45. The van der Waals surface area contributed by atoms with Gasteiger partial charge in [-0.15, -0.1) is 0 Å². The number of hydrogen-bond donors (Lipinski definition) is 0. The van der Waals surface area contributed by atoms with Gasteiger partial charge in [0.15, 0.2) is 0 Å². The van der Waals surface area contributed by atoms with E-state index in [9.17, 15) is 0 Å². The van der Waals surface area contributed by atoms with E-state index in [2.05, 4.69) is 43.9 Å². The van der Waals surface area contributed by atoms with Crippen LogP contribution in [0.25, 0.3) is 0 Å². The first-order valence-corrected chi connectivity index (χ1v) is 8.74. The van der Waals surface area contributed by atoms with Gasteiger partial charge in [0.05, 0.1) is 8.07 Å². The first-order valence-electron chi connectivity index (χ1n) is 5.17. The van der Waals surface area contributed by atoms with E-state index in [-0.39, 0.29) is 0 Å². The highest BCUT2D eigenvalue weighted by molar-refractivity contribution is 6.77. The molecule has 0 saturated heterocycles. The van der Waals surface area contributed by atoms with Gasteiger partial charge in [0.2, 0.25) is 0 Å². The minimum absolute atomic E-state index is 0.906. The predicted molar refractivity (Wildman–Crippen MR) is 60.9 cm³/mol. The van der Waals surface area contributed by atoms with Crippen molar-refractivity contribution < 1.29 is 0 Å². The molecule has 0 saturated carbocycles. The molecule has 13 heavy (non-hydrogen) atoms. The molecule has 70 valence electrons. The number of hydrogen-bond acceptors (Lipinski definition) is 0. The smallest absolute Gasteiger partial charge is 0.0521 e. The Bertz CT molecular complexity index is 309. The quantitative estimate of drug-likeness (QED) is 0.594. The van der Waals surface area contributed by atoms with Crippen LogP contribution >= 0.6 is 0 Å². The summed E-state index contributed by atoms with van der Waals surface area (Å²) in [4.78, 5) is 0. The van der Waals surface area contributed by atoms with Gasteiger partial charge in [-0.25, -0.2) is 0 Å². The van der Waals surface area contributed by atoms with Gasteiger partial charge in [0, 0.05) is 0 Å². The van der Waals surface area contributed by atoms with E-state index in [1.165, 1.54) is 12.8 Å². The normalized spacial score (nSPS) is 21.6. The molecule has 0 nitrogen and oxygen atoms in total. The van der Waals surface area contributed by atoms with Crippen molar-refractivity contribution in [1.82, 2.24) is 0 Å². The highest BCUT2D eigenvalue weighted by Crippen LogP contribution is 2.38. The third kappa shape index (κ3) is 1.57. The molecule has 0 radical (unpaired) electrons. The van der Waals surface area contributed by atoms with Gasteiger partial charge in [-0.05, 0) is 29.5 Å². The van der Waals surface area contributed by atoms with Gasteiger partial charge in [-0.1, -0.05) is 43.9 Å². The summed E-state index contributed by atoms with van der Waals surface area (Å²) in [5.41, 5.74) is 4.17. The van der Waals surface area contributed by atoms with Crippen LogP contribution in [0.4, 0.5) is 0 Å². The van der Waals surface area contributed by atoms with Crippen LogP contribution in [0.5, 0.6) is 0 Å². The second-order valence-corrected chi connectivity index (χ2v) is 10.6. The summed E-state index contributed by atoms with van der Waals surface area (Å²) in [7, 11) is -0.975. The molecule has 0 N–H and O–H groups in total. The second kappa shape index (κ2) is 2.98. The fourth-order valence-electron chi connectivity index (χ4n) is 2.46. The van der Waals surface area contributed by atoms with E-state index in [1.54, 1.807) is 11.1 Å². The fraction of sp³-hybridized carbons (Fsp3) is 0.500. The van der Waals surface area contributed by atoms with Crippen LogP contribution in [0.15, 0.2) is 24.3 Å². The fourth-order valence-corrected chi connectivity index (χ4v) is 4.68. The second-order valence-electron chi connectivity index (χ2n) is 5.16. The molecule has 1 aliphatic carbocycles. The van der Waals surface area contributed by atoms with Crippen molar-refractivity contribution in [2.45, 2.75) is 38.0 Å². The average molecular weight is 190 g/mol. The number of fused-ring (bicyclic) bond motifs is 1. The maximum atomic E-state index is 2.49. The number of rotatable bonds is 1. The molecule has 1 unspecified atom stereocenters. The van der Waals surface area contributed by atoms with E-state index in [1.807, 2.05) is 0 Å². The molecule has 1 heteroatoms. The monoisotopic (exact) mass is 190 g/mol. The maximum absolute atomic E-state index is 2.49. The van der Waals surface area contributed by atoms with Crippen LogP contribution in [-0.2, 0) is 6.42 Å². The summed E-state index contributed by atoms with van der Waals surface area (Å²) in [5, 5.41) is 0. The third-order valence-corrected chi connectivity index (χ3v) is 5.87. The molecule has 0 aliphatic heterocycles. The lowest BCUT2D eigenvalue weighted by Gasteiger charge is -2.25. The Labute approximate surface area is 82.0 Å². The van der Waals surface area contributed by atoms with Gasteiger partial charge < -0.3 is 0 Å². The SMILES string of the molecule is C[Si](C)(C)C1CCc2ccccc21. The van der Waals surface area contributed by atoms with E-state index in [0.717, 1.165) is 5.54 Å². The zero-order valence-electron chi connectivity index (χ0n) is 8.80. The van der Waals surface area contributed by atoms with Crippen molar-refractivity contribution in [2.24, 2.45) is 0 Å². The van der Waals surface area contributed by atoms with Crippen molar-refractivity contribution in [1.29, 1.82) is 0 Å². The maximum Gasteiger partial charge on any atom is 0.0521 e. The lowest BCUT2D eigenvalue weighted by molar-refractivity contribution is 0.849. The van der Waals surface area contributed by atoms with Gasteiger partial charge in [-0.2, -0.15) is 0 Å². The topological polar surface area (TPSA) is 0 Å². The standard InChI is InChI=1S/C12H18Si/c1-13(2,3)12-9-8-10-6-4-5-7-11(10)12/h4-7,12H,8-9H2,1-3H3. The summed E-state index contributed by atoms with van der Waals surface area (Å²) >= 11 is 0. The van der Waals surface area contributed by atoms with Crippen molar-refractivity contribution >= 4 is 8.07 Å². The molecule has 0 heterocycles. The Morgan fingerprint density at radius 2 is 1.85 bits per heavy atom. The van der Waals surface area contributed by atoms with Crippen molar-refractivity contribution in [3.8, 4) is 0 Å². The molecule has 2 rings (SSSR count). The van der Waals surface area contributed by atoms with E-state index >= 15 is 0 Å². The highest BCUT2D eigenvalue weighted by Gasteiger charge is 2.32. The predicted octanol–water partition coefficient (Wildman–Crippen LogP) is 3.59. The molecule has 0 amide bonds. The zero-order chi connectivity index (χ0) is 9.47. The van der Waals surface area contributed by atoms with Crippen LogP contribution in [-0.4, -0.2) is 8.07 Å². The van der Waals surface area contributed by atoms with Gasteiger partial charge in [0.25, 0.3) is 0 Å². The van der Waals surface area contributed by atoms with Crippen molar-refractivity contribution in [2.75, 3.05) is 0 Å². The Morgan fingerprint density at radius 3 is 2.54 bits per heavy atom. The van der Waals surface area contributed by atoms with E-state index in [0.29, 0.717) is 0 Å². The molecular formula is C12H18Si. The third-order valence-electron chi connectivity index (χ3n) is 3.18. The molecule has 1 aromatic carbocycles. The molecule has 0 bridgehead atoms. The van der Waals surface area contributed by atoms with Crippen LogP contribution in [0, 0.1) is 0 Å². The van der Waals surface area contributed by atoms with Crippen LogP contribution in [0.1, 0.15) is 23.1 Å². The Kier molecular flexibility index (Phi) is 2.07. The lowest BCUT2D eigenvalue weighted by atomic mass is 10.1. The minimum Gasteiger partial charge on any atom is -0.0691 e. The molecule has 0 aromatic heterocycles. The molecule has 1 atom stereocenters. The zero-order valence-corrected chi connectivity index (χ0v) is 9.80. The molecular weight excluding hydrogens is 172 g/mol. The molecule has 1 aromatic rings. The summed E-state index contributed by atoms with van der Waals surface area (Å²) in [6, 6.07) is 9.00. The van der Waals surface area contributed by atoms with E-state index < -0.39 is 8.07 Å². The molecule has 1 aliphatic rings. The van der Waals surface area contributed by atoms with E-state index in [4.69, 9.17) is 0 Å². The summed E-state index contributed by atoms with van der Waals surface area (Å²) < 4.78 is 0. The van der Waals surface area contributed by atoms with Crippen molar-refractivity contribution in [3.05, 3.63) is 35.4 Å². The summed E-state index contributed by atoms with van der Waals surface area (Å²) in [5.74, 6) is 0. The number of aryl methyl sites for hydroxylation is 1. The van der Waals surface area contributed by atoms with Crippen molar-refractivity contribution in [3.63, 3.8) is 0 Å². The largest absolute Gasteiger partial charge is 0.0691 e. The molecule has 0 spiro atoms. The first kappa shape index (κ1) is 9.01. The minimum atomic E-state index is -0.975. The Morgan fingerprint density at radius 1 is 1.15 bits per heavy atom. The summed E-state index contributed by atoms with van der Waals surface area (Å²) in [6.45, 7) is 7.46. The van der Waals surface area contributed by atoms with Crippen LogP contribution in [0.2, 0.25) is 19.6 Å².